The first-order valence-corrected chi connectivity index (χ1v) is 8.33. The Morgan fingerprint density at radius 3 is 2.73 bits per heavy atom. The van der Waals surface area contributed by atoms with Crippen molar-refractivity contribution in [2.75, 3.05) is 6.61 Å². The lowest BCUT2D eigenvalue weighted by Crippen LogP contribution is -2.25. The number of benzene rings is 1. The van der Waals surface area contributed by atoms with Crippen molar-refractivity contribution < 1.29 is 22.7 Å². The average molecular weight is 370 g/mol. The van der Waals surface area contributed by atoms with E-state index in [9.17, 15) is 18.0 Å². The van der Waals surface area contributed by atoms with Crippen LogP contribution in [-0.4, -0.2) is 33.7 Å². The highest BCUT2D eigenvalue weighted by atomic mass is 19.4. The van der Waals surface area contributed by atoms with Gasteiger partial charge in [-0.2, -0.15) is 13.2 Å². The molecule has 2 rings (SSSR count). The number of carbonyl (C=O) groups excluding carboxylic acids is 1. The van der Waals surface area contributed by atoms with E-state index in [-0.39, 0.29) is 23.9 Å². The Labute approximate surface area is 149 Å². The molecule has 0 saturated heterocycles. The maximum absolute atomic E-state index is 12.4. The van der Waals surface area contributed by atoms with Crippen molar-refractivity contribution in [3.63, 3.8) is 0 Å². The second-order valence-electron chi connectivity index (χ2n) is 5.68. The molecule has 2 aromatic rings. The number of rotatable bonds is 8. The number of hydrogen-bond acceptors (Lipinski definition) is 4. The third-order valence-electron chi connectivity index (χ3n) is 3.59. The van der Waals surface area contributed by atoms with Crippen molar-refractivity contribution in [3.8, 4) is 5.75 Å². The number of nitrogens with one attached hydrogen (secondary N) is 1. The summed E-state index contributed by atoms with van der Waals surface area (Å²) in [6.45, 7) is 3.33. The van der Waals surface area contributed by atoms with E-state index in [1.165, 1.54) is 12.1 Å². The molecule has 1 amide bonds. The van der Waals surface area contributed by atoms with Gasteiger partial charge in [-0.15, -0.1) is 5.10 Å². The van der Waals surface area contributed by atoms with Crippen LogP contribution in [0.5, 0.6) is 5.75 Å². The molecule has 0 aliphatic carbocycles. The van der Waals surface area contributed by atoms with Crippen LogP contribution < -0.4 is 10.1 Å². The fourth-order valence-corrected chi connectivity index (χ4v) is 2.42. The predicted octanol–water partition coefficient (Wildman–Crippen LogP) is 3.12. The Balaban J connectivity index is 2.00. The summed E-state index contributed by atoms with van der Waals surface area (Å²) in [7, 11) is 0. The van der Waals surface area contributed by atoms with Crippen molar-refractivity contribution in [1.82, 2.24) is 20.3 Å². The lowest BCUT2D eigenvalue weighted by atomic mass is 10.2. The van der Waals surface area contributed by atoms with Gasteiger partial charge >= 0.3 is 6.18 Å². The van der Waals surface area contributed by atoms with Crippen LogP contribution in [0, 0.1) is 0 Å². The van der Waals surface area contributed by atoms with Crippen LogP contribution in [0.4, 0.5) is 13.2 Å². The van der Waals surface area contributed by atoms with Gasteiger partial charge in [0.15, 0.2) is 12.3 Å². The van der Waals surface area contributed by atoms with Gasteiger partial charge in [0.1, 0.15) is 5.75 Å². The first-order valence-electron chi connectivity index (χ1n) is 8.33. The summed E-state index contributed by atoms with van der Waals surface area (Å²) in [5.74, 6) is -0.271. The van der Waals surface area contributed by atoms with Gasteiger partial charge < -0.3 is 10.1 Å². The topological polar surface area (TPSA) is 69.0 Å². The number of nitrogens with zero attached hydrogens (tertiary/aromatic N) is 3. The molecule has 0 spiro atoms. The van der Waals surface area contributed by atoms with E-state index in [1.54, 1.807) is 16.8 Å². The fraction of sp³-hybridized carbons (Fsp3) is 0.471. The molecule has 0 aliphatic heterocycles. The normalized spacial score (nSPS) is 11.4. The highest BCUT2D eigenvalue weighted by Gasteiger charge is 2.28. The Bertz CT molecular complexity index is 744. The summed E-state index contributed by atoms with van der Waals surface area (Å²) in [6, 6.07) is 6.16. The largest absolute Gasteiger partial charge is 0.484 e. The lowest BCUT2D eigenvalue weighted by molar-refractivity contribution is -0.153. The zero-order chi connectivity index (χ0) is 19.2. The predicted molar refractivity (Wildman–Crippen MR) is 88.9 cm³/mol. The Kier molecular flexibility index (Phi) is 6.59. The summed E-state index contributed by atoms with van der Waals surface area (Å²) in [4.78, 5) is 12.4. The summed E-state index contributed by atoms with van der Waals surface area (Å²) < 4.78 is 43.0. The Morgan fingerprint density at radius 2 is 2.08 bits per heavy atom. The van der Waals surface area contributed by atoms with Crippen LogP contribution in [-0.2, 0) is 19.5 Å². The molecule has 0 atom stereocenters. The number of hydrogen-bond donors (Lipinski definition) is 1. The Hall–Kier alpha value is -2.58. The third-order valence-corrected chi connectivity index (χ3v) is 3.59. The zero-order valence-electron chi connectivity index (χ0n) is 14.6. The molecule has 0 unspecified atom stereocenters. The highest BCUT2D eigenvalue weighted by Crippen LogP contribution is 2.19. The maximum atomic E-state index is 12.4. The molecular formula is C17H21F3N4O2. The second kappa shape index (κ2) is 8.68. The van der Waals surface area contributed by atoms with Crippen LogP contribution in [0.25, 0.3) is 0 Å². The minimum Gasteiger partial charge on any atom is -0.484 e. The minimum absolute atomic E-state index is 0.0951. The van der Waals surface area contributed by atoms with E-state index in [0.717, 1.165) is 12.1 Å². The number of aromatic nitrogens is 3. The number of carbonyl (C=O) groups is 1. The molecule has 0 saturated carbocycles. The standard InChI is InChI=1S/C17H21F3N4O2/c1-3-6-14-15(22-23-24(14)4-2)16(25)21-10-12-7-5-8-13(9-12)26-11-17(18,19)20/h5,7-9H,3-4,6,10-11H2,1-2H3,(H,21,25). The molecule has 1 aromatic heterocycles. The first kappa shape index (κ1) is 19.7. The Morgan fingerprint density at radius 1 is 1.31 bits per heavy atom. The number of amides is 1. The molecule has 0 bridgehead atoms. The van der Waals surface area contributed by atoms with Gasteiger partial charge in [-0.1, -0.05) is 30.7 Å². The summed E-state index contributed by atoms with van der Waals surface area (Å²) in [5, 5.41) is 10.6. The lowest BCUT2D eigenvalue weighted by Gasteiger charge is -2.11. The van der Waals surface area contributed by atoms with Crippen LogP contribution >= 0.6 is 0 Å². The van der Waals surface area contributed by atoms with E-state index in [0.29, 0.717) is 18.5 Å². The molecule has 1 N–H and O–H groups in total. The van der Waals surface area contributed by atoms with Crippen LogP contribution in [0.3, 0.4) is 0 Å². The SMILES string of the molecule is CCCc1c(C(=O)NCc2cccc(OCC(F)(F)F)c2)nnn1CC. The van der Waals surface area contributed by atoms with Crippen LogP contribution in [0.2, 0.25) is 0 Å². The van der Waals surface area contributed by atoms with Crippen molar-refractivity contribution in [2.24, 2.45) is 0 Å². The molecule has 0 radical (unpaired) electrons. The number of alkyl halides is 3. The van der Waals surface area contributed by atoms with Gasteiger partial charge in [-0.05, 0) is 31.0 Å². The number of aryl methyl sites for hydroxylation is 1. The smallest absolute Gasteiger partial charge is 0.422 e. The van der Waals surface area contributed by atoms with E-state index in [2.05, 4.69) is 15.6 Å². The monoisotopic (exact) mass is 370 g/mol. The number of ether oxygens (including phenoxy) is 1. The number of halogens is 3. The minimum atomic E-state index is -4.40. The third kappa shape index (κ3) is 5.47. The molecule has 6 nitrogen and oxygen atoms in total. The van der Waals surface area contributed by atoms with E-state index >= 15 is 0 Å². The average Bonchev–Trinajstić information content (AvgIpc) is 3.01. The summed E-state index contributed by atoms with van der Waals surface area (Å²) >= 11 is 0. The maximum Gasteiger partial charge on any atom is 0.422 e. The molecule has 9 heteroatoms. The van der Waals surface area contributed by atoms with Gasteiger partial charge in [-0.3, -0.25) is 4.79 Å². The van der Waals surface area contributed by atoms with Crippen LogP contribution in [0.1, 0.15) is 42.0 Å². The van der Waals surface area contributed by atoms with E-state index in [4.69, 9.17) is 4.74 Å². The van der Waals surface area contributed by atoms with Gasteiger partial charge in [0.2, 0.25) is 0 Å². The van der Waals surface area contributed by atoms with E-state index < -0.39 is 12.8 Å². The fourth-order valence-electron chi connectivity index (χ4n) is 2.42. The van der Waals surface area contributed by atoms with Crippen molar-refractivity contribution in [3.05, 3.63) is 41.2 Å². The van der Waals surface area contributed by atoms with Gasteiger partial charge in [0, 0.05) is 13.1 Å². The van der Waals surface area contributed by atoms with Crippen molar-refractivity contribution >= 4 is 5.91 Å². The van der Waals surface area contributed by atoms with Crippen molar-refractivity contribution in [2.45, 2.75) is 46.0 Å². The molecule has 0 fully saturated rings. The molecule has 1 aromatic carbocycles. The first-order chi connectivity index (χ1) is 12.3. The van der Waals surface area contributed by atoms with Gasteiger partial charge in [-0.25, -0.2) is 4.68 Å². The zero-order valence-corrected chi connectivity index (χ0v) is 14.6. The highest BCUT2D eigenvalue weighted by molar-refractivity contribution is 5.93. The summed E-state index contributed by atoms with van der Waals surface area (Å²) in [5.41, 5.74) is 1.67. The quantitative estimate of drug-likeness (QED) is 0.775. The summed E-state index contributed by atoms with van der Waals surface area (Å²) in [6.07, 6.45) is -2.86. The van der Waals surface area contributed by atoms with Gasteiger partial charge in [0.05, 0.1) is 5.69 Å². The van der Waals surface area contributed by atoms with Gasteiger partial charge in [0.25, 0.3) is 5.91 Å². The second-order valence-corrected chi connectivity index (χ2v) is 5.68. The molecular weight excluding hydrogens is 349 g/mol. The van der Waals surface area contributed by atoms with Crippen molar-refractivity contribution in [1.29, 1.82) is 0 Å². The molecule has 0 aliphatic rings. The van der Waals surface area contributed by atoms with E-state index in [1.807, 2.05) is 13.8 Å². The molecule has 1 heterocycles. The molecule has 26 heavy (non-hydrogen) atoms. The molecule has 142 valence electrons. The van der Waals surface area contributed by atoms with Crippen LogP contribution in [0.15, 0.2) is 24.3 Å².